The number of hydrogen-bond donors (Lipinski definition) is 1. The van der Waals surface area contributed by atoms with Crippen molar-refractivity contribution in [2.45, 2.75) is 26.3 Å². The summed E-state index contributed by atoms with van der Waals surface area (Å²) in [7, 11) is 0. The number of carbonyl (C=O) groups excluding carboxylic acids is 1. The molecule has 0 saturated carbocycles. The van der Waals surface area contributed by atoms with Crippen LogP contribution in [-0.4, -0.2) is 28.9 Å². The van der Waals surface area contributed by atoms with Gasteiger partial charge in [-0.2, -0.15) is 0 Å². The number of hydrogen-bond acceptors (Lipinski definition) is 4. The van der Waals surface area contributed by atoms with Crippen molar-refractivity contribution in [2.75, 3.05) is 18.4 Å². The Kier molecular flexibility index (Phi) is 5.73. The van der Waals surface area contributed by atoms with Crippen LogP contribution >= 0.6 is 0 Å². The number of aryl methyl sites for hydroxylation is 1. The Bertz CT molecular complexity index is 1190. The summed E-state index contributed by atoms with van der Waals surface area (Å²) in [5.41, 5.74) is 6.01. The molecular formula is C27H27N3O2. The summed E-state index contributed by atoms with van der Waals surface area (Å²) in [6.45, 7) is 5.01. The van der Waals surface area contributed by atoms with Crippen LogP contribution in [0.2, 0.25) is 0 Å². The van der Waals surface area contributed by atoms with E-state index in [1.165, 1.54) is 11.1 Å². The summed E-state index contributed by atoms with van der Waals surface area (Å²) >= 11 is 0. The molecule has 1 aromatic heterocycles. The second-order valence-corrected chi connectivity index (χ2v) is 8.53. The summed E-state index contributed by atoms with van der Waals surface area (Å²) in [6.07, 6.45) is 1.78. The standard InChI is InChI=1S/C27H27N3O2/c1-19-6-2-3-7-22(19)18-30-16-14-20(15-17-30)26(31)28-23-12-10-21(11-13-23)27-29-24-8-4-5-9-25(24)32-27/h2-13,20H,14-18H2,1H3,(H,28,31). The quantitative estimate of drug-likeness (QED) is 0.449. The zero-order chi connectivity index (χ0) is 21.9. The number of oxazole rings is 1. The number of piperidine rings is 1. The molecule has 1 aliphatic heterocycles. The van der Waals surface area contributed by atoms with Crippen molar-refractivity contribution in [1.82, 2.24) is 9.88 Å². The number of likely N-dealkylation sites (tertiary alicyclic amines) is 1. The first-order valence-electron chi connectivity index (χ1n) is 11.2. The van der Waals surface area contributed by atoms with Crippen LogP contribution in [0.3, 0.4) is 0 Å². The molecule has 0 aliphatic carbocycles. The summed E-state index contributed by atoms with van der Waals surface area (Å²) in [4.78, 5) is 19.8. The van der Waals surface area contributed by atoms with Crippen LogP contribution in [0.5, 0.6) is 0 Å². The minimum atomic E-state index is 0.0554. The fourth-order valence-electron chi connectivity index (χ4n) is 4.32. The lowest BCUT2D eigenvalue weighted by Gasteiger charge is -2.31. The fourth-order valence-corrected chi connectivity index (χ4v) is 4.32. The maximum Gasteiger partial charge on any atom is 0.227 e. The molecule has 0 spiro atoms. The molecule has 1 fully saturated rings. The van der Waals surface area contributed by atoms with Gasteiger partial charge in [0.15, 0.2) is 5.58 Å². The smallest absolute Gasteiger partial charge is 0.227 e. The Morgan fingerprint density at radius 3 is 2.47 bits per heavy atom. The average Bonchev–Trinajstić information content (AvgIpc) is 3.26. The Balaban J connectivity index is 1.16. The number of anilines is 1. The van der Waals surface area contributed by atoms with Crippen LogP contribution in [0.25, 0.3) is 22.6 Å². The van der Waals surface area contributed by atoms with E-state index in [1.807, 2.05) is 48.5 Å². The third-order valence-electron chi connectivity index (χ3n) is 6.31. The molecule has 2 heterocycles. The van der Waals surface area contributed by atoms with E-state index in [-0.39, 0.29) is 11.8 Å². The number of para-hydroxylation sites is 2. The summed E-state index contributed by atoms with van der Waals surface area (Å²) in [5, 5.41) is 3.08. The fraction of sp³-hybridized carbons (Fsp3) is 0.259. The number of nitrogens with one attached hydrogen (secondary N) is 1. The van der Waals surface area contributed by atoms with Gasteiger partial charge in [0.05, 0.1) is 0 Å². The van der Waals surface area contributed by atoms with Crippen LogP contribution in [-0.2, 0) is 11.3 Å². The average molecular weight is 426 g/mol. The number of carbonyl (C=O) groups is 1. The van der Waals surface area contributed by atoms with Gasteiger partial charge in [-0.1, -0.05) is 36.4 Å². The molecule has 4 aromatic rings. The molecule has 0 unspecified atom stereocenters. The van der Waals surface area contributed by atoms with Crippen molar-refractivity contribution in [1.29, 1.82) is 0 Å². The van der Waals surface area contributed by atoms with Crippen molar-refractivity contribution in [2.24, 2.45) is 5.92 Å². The first-order chi connectivity index (χ1) is 15.7. The monoisotopic (exact) mass is 425 g/mol. The van der Waals surface area contributed by atoms with Gasteiger partial charge < -0.3 is 9.73 Å². The van der Waals surface area contributed by atoms with Gasteiger partial charge in [-0.15, -0.1) is 0 Å². The summed E-state index contributed by atoms with van der Waals surface area (Å²) in [5.74, 6) is 0.750. The molecule has 1 aliphatic rings. The molecule has 0 bridgehead atoms. The van der Waals surface area contributed by atoms with Gasteiger partial charge >= 0.3 is 0 Å². The van der Waals surface area contributed by atoms with Gasteiger partial charge in [0.2, 0.25) is 11.8 Å². The third-order valence-corrected chi connectivity index (χ3v) is 6.31. The van der Waals surface area contributed by atoms with Crippen molar-refractivity contribution in [3.05, 3.63) is 83.9 Å². The van der Waals surface area contributed by atoms with E-state index in [9.17, 15) is 4.79 Å². The highest BCUT2D eigenvalue weighted by Crippen LogP contribution is 2.26. The molecule has 5 nitrogen and oxygen atoms in total. The van der Waals surface area contributed by atoms with Crippen molar-refractivity contribution in [3.63, 3.8) is 0 Å². The number of nitrogens with zero attached hydrogens (tertiary/aromatic N) is 2. The lowest BCUT2D eigenvalue weighted by atomic mass is 9.95. The molecule has 3 aromatic carbocycles. The van der Waals surface area contributed by atoms with E-state index in [0.29, 0.717) is 5.89 Å². The topological polar surface area (TPSA) is 58.4 Å². The second-order valence-electron chi connectivity index (χ2n) is 8.53. The van der Waals surface area contributed by atoms with Crippen LogP contribution < -0.4 is 5.32 Å². The van der Waals surface area contributed by atoms with Crippen molar-refractivity contribution in [3.8, 4) is 11.5 Å². The second kappa shape index (κ2) is 8.97. The highest BCUT2D eigenvalue weighted by atomic mass is 16.3. The maximum atomic E-state index is 12.8. The third kappa shape index (κ3) is 4.43. The predicted molar refractivity (Wildman–Crippen MR) is 127 cm³/mol. The molecule has 1 saturated heterocycles. The molecule has 1 N–H and O–H groups in total. The van der Waals surface area contributed by atoms with Gasteiger partial charge in [0.25, 0.3) is 0 Å². The summed E-state index contributed by atoms with van der Waals surface area (Å²) in [6, 6.07) is 23.9. The summed E-state index contributed by atoms with van der Waals surface area (Å²) < 4.78 is 5.83. The molecule has 162 valence electrons. The normalized spacial score (nSPS) is 15.2. The number of fused-ring (bicyclic) bond motifs is 1. The van der Waals surface area contributed by atoms with Gasteiger partial charge in [0.1, 0.15) is 5.52 Å². The van der Waals surface area contributed by atoms with E-state index in [2.05, 4.69) is 46.4 Å². The zero-order valence-corrected chi connectivity index (χ0v) is 18.3. The lowest BCUT2D eigenvalue weighted by molar-refractivity contribution is -0.121. The first-order valence-corrected chi connectivity index (χ1v) is 11.2. The Labute approximate surface area is 188 Å². The highest BCUT2D eigenvalue weighted by molar-refractivity contribution is 5.92. The van der Waals surface area contributed by atoms with Crippen LogP contribution in [0.1, 0.15) is 24.0 Å². The van der Waals surface area contributed by atoms with E-state index in [4.69, 9.17) is 4.42 Å². The predicted octanol–water partition coefficient (Wildman–Crippen LogP) is 5.65. The van der Waals surface area contributed by atoms with Gasteiger partial charge in [-0.25, -0.2) is 4.98 Å². The molecule has 5 rings (SSSR count). The first kappa shape index (κ1) is 20.5. The number of rotatable bonds is 5. The Morgan fingerprint density at radius 2 is 1.72 bits per heavy atom. The van der Waals surface area contributed by atoms with Gasteiger partial charge in [-0.05, 0) is 80.4 Å². The molecule has 0 atom stereocenters. The molecule has 32 heavy (non-hydrogen) atoms. The Morgan fingerprint density at radius 1 is 1.00 bits per heavy atom. The molecular weight excluding hydrogens is 398 g/mol. The minimum Gasteiger partial charge on any atom is -0.436 e. The number of benzene rings is 3. The number of amides is 1. The molecule has 0 radical (unpaired) electrons. The SMILES string of the molecule is Cc1ccccc1CN1CCC(C(=O)Nc2ccc(-c3nc4ccccc4o3)cc2)CC1. The largest absolute Gasteiger partial charge is 0.436 e. The lowest BCUT2D eigenvalue weighted by Crippen LogP contribution is -2.37. The van der Waals surface area contributed by atoms with E-state index < -0.39 is 0 Å². The van der Waals surface area contributed by atoms with E-state index in [1.54, 1.807) is 0 Å². The Hall–Kier alpha value is -3.44. The number of aromatic nitrogens is 1. The van der Waals surface area contributed by atoms with Crippen molar-refractivity contribution >= 4 is 22.7 Å². The van der Waals surface area contributed by atoms with E-state index in [0.717, 1.165) is 54.8 Å². The van der Waals surface area contributed by atoms with Crippen LogP contribution in [0.4, 0.5) is 5.69 Å². The van der Waals surface area contributed by atoms with Gasteiger partial charge in [-0.3, -0.25) is 9.69 Å². The molecule has 5 heteroatoms. The highest BCUT2D eigenvalue weighted by Gasteiger charge is 2.25. The molecule has 1 amide bonds. The van der Waals surface area contributed by atoms with Crippen LogP contribution in [0, 0.1) is 12.8 Å². The maximum absolute atomic E-state index is 12.8. The van der Waals surface area contributed by atoms with E-state index >= 15 is 0 Å². The van der Waals surface area contributed by atoms with Crippen molar-refractivity contribution < 1.29 is 9.21 Å². The minimum absolute atomic E-state index is 0.0554. The zero-order valence-electron chi connectivity index (χ0n) is 18.3. The van der Waals surface area contributed by atoms with Gasteiger partial charge in [0, 0.05) is 23.7 Å². The van der Waals surface area contributed by atoms with Crippen LogP contribution in [0.15, 0.2) is 77.2 Å².